The number of H-pyrrole nitrogens is 1. The van der Waals surface area contributed by atoms with Crippen LogP contribution in [0.2, 0.25) is 0 Å². The number of aromatic amines is 1. The summed E-state index contributed by atoms with van der Waals surface area (Å²) in [7, 11) is 0. The molecule has 2 amide bonds. The normalized spacial score (nSPS) is 10.9. The lowest BCUT2D eigenvalue weighted by Gasteiger charge is -2.08. The van der Waals surface area contributed by atoms with Gasteiger partial charge in [0.2, 0.25) is 5.91 Å². The number of benzene rings is 2. The van der Waals surface area contributed by atoms with Crippen LogP contribution in [0.4, 0.5) is 0 Å². The zero-order valence-corrected chi connectivity index (χ0v) is 17.9. The minimum absolute atomic E-state index is 0.0827. The Bertz CT molecular complexity index is 1180. The molecule has 0 saturated carbocycles. The van der Waals surface area contributed by atoms with Gasteiger partial charge in [-0.3, -0.25) is 20.4 Å². The zero-order chi connectivity index (χ0) is 21.8. The van der Waals surface area contributed by atoms with E-state index in [-0.39, 0.29) is 18.2 Å². The summed E-state index contributed by atoms with van der Waals surface area (Å²) < 4.78 is 5.04. The second-order valence-corrected chi connectivity index (χ2v) is 7.99. The van der Waals surface area contributed by atoms with Gasteiger partial charge < -0.3 is 9.51 Å². The summed E-state index contributed by atoms with van der Waals surface area (Å²) in [5.41, 5.74) is 9.70. The van der Waals surface area contributed by atoms with Gasteiger partial charge in [-0.2, -0.15) is 0 Å². The molecule has 0 bridgehead atoms. The Kier molecular flexibility index (Phi) is 6.03. The second kappa shape index (κ2) is 9.05. The summed E-state index contributed by atoms with van der Waals surface area (Å²) in [6, 6.07) is 15.1. The number of imidazole rings is 1. The predicted molar refractivity (Wildman–Crippen MR) is 117 cm³/mol. The van der Waals surface area contributed by atoms with E-state index in [4.69, 9.17) is 4.52 Å². The van der Waals surface area contributed by atoms with Crippen LogP contribution in [-0.4, -0.2) is 26.9 Å². The predicted octanol–water partition coefficient (Wildman–Crippen LogP) is 3.46. The van der Waals surface area contributed by atoms with Gasteiger partial charge in [-0.15, -0.1) is 0 Å². The molecular weight excluding hydrogens is 414 g/mol. The fraction of sp³-hybridized carbons (Fsp3) is 0.182. The molecule has 0 spiro atoms. The number of carbonyl (C=O) groups excluding carboxylic acids is 2. The third kappa shape index (κ3) is 4.95. The maximum atomic E-state index is 12.3. The van der Waals surface area contributed by atoms with Gasteiger partial charge in [-0.1, -0.05) is 41.2 Å². The number of aryl methyl sites for hydroxylation is 2. The number of hydrazine groups is 1. The maximum Gasteiger partial charge on any atom is 0.269 e. The Labute approximate surface area is 182 Å². The van der Waals surface area contributed by atoms with Crippen LogP contribution in [0.3, 0.4) is 0 Å². The lowest BCUT2D eigenvalue weighted by atomic mass is 10.1. The molecule has 158 valence electrons. The van der Waals surface area contributed by atoms with Crippen molar-refractivity contribution in [1.29, 1.82) is 0 Å². The van der Waals surface area contributed by atoms with E-state index < -0.39 is 0 Å². The monoisotopic (exact) mass is 435 g/mol. The lowest BCUT2D eigenvalue weighted by Crippen LogP contribution is -2.42. The lowest BCUT2D eigenvalue weighted by molar-refractivity contribution is -0.121. The number of fused-ring (bicyclic) bond motifs is 1. The second-order valence-electron chi connectivity index (χ2n) is 7.03. The van der Waals surface area contributed by atoms with Gasteiger partial charge in [-0.25, -0.2) is 4.98 Å². The Morgan fingerprint density at radius 1 is 1.06 bits per heavy atom. The van der Waals surface area contributed by atoms with Crippen LogP contribution < -0.4 is 10.9 Å². The van der Waals surface area contributed by atoms with E-state index in [1.165, 1.54) is 0 Å². The van der Waals surface area contributed by atoms with Crippen LogP contribution in [0, 0.1) is 13.8 Å². The van der Waals surface area contributed by atoms with Crippen molar-refractivity contribution < 1.29 is 14.1 Å². The Morgan fingerprint density at radius 2 is 1.84 bits per heavy atom. The van der Waals surface area contributed by atoms with Crippen molar-refractivity contribution in [3.63, 3.8) is 0 Å². The van der Waals surface area contributed by atoms with Crippen LogP contribution in [0.1, 0.15) is 32.9 Å². The van der Waals surface area contributed by atoms with Crippen LogP contribution in [0.15, 0.2) is 58.2 Å². The summed E-state index contributed by atoms with van der Waals surface area (Å²) in [6.07, 6.45) is 0.0827. The Balaban J connectivity index is 1.28. The third-order valence-corrected chi connectivity index (χ3v) is 5.74. The molecule has 3 N–H and O–H groups in total. The number of hydrogen-bond acceptors (Lipinski definition) is 6. The molecule has 4 aromatic rings. The van der Waals surface area contributed by atoms with E-state index in [0.29, 0.717) is 17.0 Å². The minimum Gasteiger partial charge on any atom is -0.361 e. The number of para-hydroxylation sites is 2. The molecule has 0 aliphatic rings. The van der Waals surface area contributed by atoms with E-state index in [9.17, 15) is 9.59 Å². The number of hydrogen-bond donors (Lipinski definition) is 3. The summed E-state index contributed by atoms with van der Waals surface area (Å²) in [5.74, 6) is 0.580. The standard InChI is InChI=1S/C22H21N5O3S/c1-13-17(14(2)30-27-13)11-20(28)25-26-21(29)16-9-7-15(8-10-16)12-31-22-23-18-5-3-4-6-19(18)24-22/h3-10H,11-12H2,1-2H3,(H,23,24)(H,25,28)(H,26,29). The van der Waals surface area contributed by atoms with Crippen molar-refractivity contribution in [1.82, 2.24) is 26.0 Å². The van der Waals surface area contributed by atoms with E-state index >= 15 is 0 Å². The largest absolute Gasteiger partial charge is 0.361 e. The molecule has 0 fully saturated rings. The van der Waals surface area contributed by atoms with E-state index in [1.54, 1.807) is 37.7 Å². The molecule has 2 aromatic carbocycles. The SMILES string of the molecule is Cc1noc(C)c1CC(=O)NNC(=O)c1ccc(CSc2nc3ccccc3[nH]2)cc1. The molecule has 0 unspecified atom stereocenters. The van der Waals surface area contributed by atoms with Gasteiger partial charge in [0.15, 0.2) is 5.16 Å². The first-order chi connectivity index (χ1) is 15.0. The maximum absolute atomic E-state index is 12.3. The molecule has 0 atom stereocenters. The first-order valence-corrected chi connectivity index (χ1v) is 10.7. The van der Waals surface area contributed by atoms with Gasteiger partial charge in [0.25, 0.3) is 5.91 Å². The molecule has 2 heterocycles. The van der Waals surface area contributed by atoms with E-state index in [1.807, 2.05) is 36.4 Å². The number of thioether (sulfide) groups is 1. The number of carbonyl (C=O) groups is 2. The molecular formula is C22H21N5O3S. The minimum atomic E-state index is -0.386. The highest BCUT2D eigenvalue weighted by Gasteiger charge is 2.14. The highest BCUT2D eigenvalue weighted by molar-refractivity contribution is 7.98. The van der Waals surface area contributed by atoms with Crippen molar-refractivity contribution in [2.45, 2.75) is 31.2 Å². The molecule has 0 aliphatic heterocycles. The number of amides is 2. The first kappa shape index (κ1) is 20.7. The zero-order valence-electron chi connectivity index (χ0n) is 17.1. The smallest absolute Gasteiger partial charge is 0.269 e. The van der Waals surface area contributed by atoms with Crippen LogP contribution in [0.25, 0.3) is 11.0 Å². The highest BCUT2D eigenvalue weighted by atomic mass is 32.2. The molecule has 0 aliphatic carbocycles. The highest BCUT2D eigenvalue weighted by Crippen LogP contribution is 2.23. The number of nitrogens with one attached hydrogen (secondary N) is 3. The molecule has 31 heavy (non-hydrogen) atoms. The molecule has 0 saturated heterocycles. The number of nitrogens with zero attached hydrogens (tertiary/aromatic N) is 2. The van der Waals surface area contributed by atoms with E-state index in [2.05, 4.69) is 26.0 Å². The first-order valence-electron chi connectivity index (χ1n) is 9.67. The molecule has 2 aromatic heterocycles. The van der Waals surface area contributed by atoms with Gasteiger partial charge in [-0.05, 0) is 43.7 Å². The Morgan fingerprint density at radius 3 is 2.55 bits per heavy atom. The van der Waals surface area contributed by atoms with Gasteiger partial charge in [0.1, 0.15) is 5.76 Å². The van der Waals surface area contributed by atoms with Crippen LogP contribution in [0.5, 0.6) is 0 Å². The topological polar surface area (TPSA) is 113 Å². The van der Waals surface area contributed by atoms with E-state index in [0.717, 1.165) is 33.1 Å². The van der Waals surface area contributed by atoms with Crippen molar-refractivity contribution in [3.8, 4) is 0 Å². The summed E-state index contributed by atoms with van der Waals surface area (Å²) in [4.78, 5) is 32.2. The quantitative estimate of drug-likeness (QED) is 0.316. The van der Waals surface area contributed by atoms with Crippen molar-refractivity contribution in [2.75, 3.05) is 0 Å². The van der Waals surface area contributed by atoms with Crippen molar-refractivity contribution in [3.05, 3.63) is 76.7 Å². The molecule has 9 heteroatoms. The average molecular weight is 436 g/mol. The molecule has 0 radical (unpaired) electrons. The fourth-order valence-electron chi connectivity index (χ4n) is 3.06. The average Bonchev–Trinajstić information content (AvgIpc) is 3.34. The summed E-state index contributed by atoms with van der Waals surface area (Å²) >= 11 is 1.59. The van der Waals surface area contributed by atoms with Crippen molar-refractivity contribution in [2.24, 2.45) is 0 Å². The van der Waals surface area contributed by atoms with Gasteiger partial charge in [0.05, 0.1) is 23.1 Å². The fourth-order valence-corrected chi connectivity index (χ4v) is 3.90. The Hall–Kier alpha value is -3.59. The molecule has 8 nitrogen and oxygen atoms in total. The van der Waals surface area contributed by atoms with Crippen molar-refractivity contribution >= 4 is 34.6 Å². The third-order valence-electron chi connectivity index (χ3n) is 4.79. The van der Waals surface area contributed by atoms with Gasteiger partial charge >= 0.3 is 0 Å². The van der Waals surface area contributed by atoms with Crippen LogP contribution >= 0.6 is 11.8 Å². The molecule has 4 rings (SSSR count). The number of rotatable bonds is 6. The van der Waals surface area contributed by atoms with Crippen LogP contribution in [-0.2, 0) is 17.0 Å². The summed E-state index contributed by atoms with van der Waals surface area (Å²) in [5, 5.41) is 4.67. The summed E-state index contributed by atoms with van der Waals surface area (Å²) in [6.45, 7) is 3.51. The van der Waals surface area contributed by atoms with Gasteiger partial charge in [0, 0.05) is 16.9 Å². The number of aromatic nitrogens is 3.